The number of hydrogen-bond donors (Lipinski definition) is 2. The van der Waals surface area contributed by atoms with Gasteiger partial charge < -0.3 is 10.8 Å². The molecule has 0 aliphatic carbocycles. The smallest absolute Gasteiger partial charge is 0.325 e. The molecule has 1 unspecified atom stereocenters. The van der Waals surface area contributed by atoms with Crippen molar-refractivity contribution >= 4 is 5.97 Å². The number of benzene rings is 1. The van der Waals surface area contributed by atoms with Crippen LogP contribution in [0.15, 0.2) is 18.2 Å². The Bertz CT molecular complexity index is 412. The van der Waals surface area contributed by atoms with E-state index in [-0.39, 0.29) is 11.1 Å². The minimum absolute atomic E-state index is 0.0556. The Hall–Kier alpha value is -1.93. The second-order valence-corrected chi connectivity index (χ2v) is 2.66. The molecule has 0 amide bonds. The molecule has 5 heteroatoms. The van der Waals surface area contributed by atoms with Crippen molar-refractivity contribution in [1.82, 2.24) is 0 Å². The van der Waals surface area contributed by atoms with Gasteiger partial charge >= 0.3 is 5.97 Å². The zero-order valence-corrected chi connectivity index (χ0v) is 7.07. The van der Waals surface area contributed by atoms with E-state index >= 15 is 0 Å². The van der Waals surface area contributed by atoms with E-state index in [0.717, 1.165) is 12.1 Å². The Labute approximate surface area is 79.4 Å². The van der Waals surface area contributed by atoms with E-state index < -0.39 is 17.8 Å². The van der Waals surface area contributed by atoms with E-state index in [4.69, 9.17) is 16.1 Å². The van der Waals surface area contributed by atoms with Gasteiger partial charge in [0.2, 0.25) is 0 Å². The van der Waals surface area contributed by atoms with E-state index in [1.165, 1.54) is 6.07 Å². The number of aliphatic carboxylic acids is 1. The van der Waals surface area contributed by atoms with Crippen LogP contribution in [-0.2, 0) is 4.79 Å². The number of carboxylic acids is 1. The third-order valence-corrected chi connectivity index (χ3v) is 1.74. The van der Waals surface area contributed by atoms with Gasteiger partial charge in [0.15, 0.2) is 0 Å². The third kappa shape index (κ3) is 1.87. The van der Waals surface area contributed by atoms with Gasteiger partial charge in [-0.1, -0.05) is 6.07 Å². The van der Waals surface area contributed by atoms with Crippen LogP contribution >= 0.6 is 0 Å². The number of rotatable bonds is 2. The predicted molar refractivity (Wildman–Crippen MR) is 45.7 cm³/mol. The van der Waals surface area contributed by atoms with Crippen LogP contribution in [0.1, 0.15) is 17.2 Å². The topological polar surface area (TPSA) is 87.1 Å². The van der Waals surface area contributed by atoms with Crippen molar-refractivity contribution in [2.45, 2.75) is 6.04 Å². The summed E-state index contributed by atoms with van der Waals surface area (Å²) < 4.78 is 12.7. The zero-order valence-electron chi connectivity index (χ0n) is 7.07. The maximum atomic E-state index is 12.7. The molecule has 4 nitrogen and oxygen atoms in total. The quantitative estimate of drug-likeness (QED) is 0.728. The van der Waals surface area contributed by atoms with Crippen molar-refractivity contribution in [3.8, 4) is 6.07 Å². The average molecular weight is 194 g/mol. The van der Waals surface area contributed by atoms with Gasteiger partial charge in [0, 0.05) is 0 Å². The first-order valence-corrected chi connectivity index (χ1v) is 3.74. The van der Waals surface area contributed by atoms with Crippen LogP contribution in [0.5, 0.6) is 0 Å². The number of nitriles is 1. The Balaban J connectivity index is 3.22. The number of nitrogens with zero attached hydrogens (tertiary/aromatic N) is 1. The molecule has 1 aromatic rings. The molecule has 0 fully saturated rings. The summed E-state index contributed by atoms with van der Waals surface area (Å²) in [7, 11) is 0. The molecule has 1 rings (SSSR count). The SMILES string of the molecule is N#Cc1cc(F)ccc1C(N)C(=O)O. The number of carboxylic acid groups (broad SMARTS) is 1. The van der Waals surface area contributed by atoms with Gasteiger partial charge in [-0.3, -0.25) is 4.79 Å². The van der Waals surface area contributed by atoms with Crippen LogP contribution < -0.4 is 5.73 Å². The highest BCUT2D eigenvalue weighted by molar-refractivity contribution is 5.76. The first-order valence-electron chi connectivity index (χ1n) is 3.74. The monoisotopic (exact) mass is 194 g/mol. The molecule has 0 saturated heterocycles. The van der Waals surface area contributed by atoms with Gasteiger partial charge in [-0.05, 0) is 17.7 Å². The lowest BCUT2D eigenvalue weighted by Crippen LogP contribution is -2.21. The van der Waals surface area contributed by atoms with Crippen LogP contribution in [0.3, 0.4) is 0 Å². The first kappa shape index (κ1) is 10.2. The summed E-state index contributed by atoms with van der Waals surface area (Å²) in [5.74, 6) is -1.85. The van der Waals surface area contributed by atoms with E-state index in [2.05, 4.69) is 0 Å². The summed E-state index contributed by atoms with van der Waals surface area (Å²) in [5, 5.41) is 17.2. The van der Waals surface area contributed by atoms with Gasteiger partial charge in [-0.15, -0.1) is 0 Å². The van der Waals surface area contributed by atoms with Crippen molar-refractivity contribution in [2.24, 2.45) is 5.73 Å². The molecule has 0 saturated carbocycles. The second kappa shape index (κ2) is 3.85. The first-order chi connectivity index (χ1) is 6.56. The minimum Gasteiger partial charge on any atom is -0.480 e. The fourth-order valence-electron chi connectivity index (χ4n) is 1.03. The van der Waals surface area contributed by atoms with Crippen LogP contribution in [0.2, 0.25) is 0 Å². The molecule has 0 bridgehead atoms. The van der Waals surface area contributed by atoms with Crippen molar-refractivity contribution in [3.63, 3.8) is 0 Å². The minimum atomic E-state index is -1.30. The van der Waals surface area contributed by atoms with Gasteiger partial charge in [0.25, 0.3) is 0 Å². The van der Waals surface area contributed by atoms with Crippen LogP contribution in [0.25, 0.3) is 0 Å². The largest absolute Gasteiger partial charge is 0.480 e. The third-order valence-electron chi connectivity index (χ3n) is 1.74. The fraction of sp³-hybridized carbons (Fsp3) is 0.111. The van der Waals surface area contributed by atoms with Gasteiger partial charge in [-0.25, -0.2) is 4.39 Å². The van der Waals surface area contributed by atoms with Crippen molar-refractivity contribution in [2.75, 3.05) is 0 Å². The normalized spacial score (nSPS) is 11.8. The standard InChI is InChI=1S/C9H7FN2O2/c10-6-1-2-7(5(3-6)4-11)8(12)9(13)14/h1-3,8H,12H2,(H,13,14). The summed E-state index contributed by atoms with van der Waals surface area (Å²) in [4.78, 5) is 10.5. The Morgan fingerprint density at radius 1 is 1.64 bits per heavy atom. The molecular formula is C9H7FN2O2. The van der Waals surface area contributed by atoms with E-state index in [9.17, 15) is 9.18 Å². The molecule has 14 heavy (non-hydrogen) atoms. The Morgan fingerprint density at radius 3 is 2.79 bits per heavy atom. The summed E-state index contributed by atoms with van der Waals surface area (Å²) in [6.45, 7) is 0. The Morgan fingerprint density at radius 2 is 2.29 bits per heavy atom. The predicted octanol–water partition coefficient (Wildman–Crippen LogP) is 0.782. The molecule has 0 spiro atoms. The van der Waals surface area contributed by atoms with Gasteiger partial charge in [-0.2, -0.15) is 5.26 Å². The maximum absolute atomic E-state index is 12.7. The average Bonchev–Trinajstić information content (AvgIpc) is 2.16. The zero-order chi connectivity index (χ0) is 10.7. The summed E-state index contributed by atoms with van der Waals surface area (Å²) in [5.41, 5.74) is 5.35. The molecule has 3 N–H and O–H groups in total. The lowest BCUT2D eigenvalue weighted by molar-refractivity contribution is -0.138. The molecule has 72 valence electrons. The van der Waals surface area contributed by atoms with Crippen LogP contribution in [-0.4, -0.2) is 11.1 Å². The van der Waals surface area contributed by atoms with E-state index in [0.29, 0.717) is 0 Å². The number of nitrogens with two attached hydrogens (primary N) is 1. The highest BCUT2D eigenvalue weighted by atomic mass is 19.1. The molecular weight excluding hydrogens is 187 g/mol. The number of halogens is 1. The molecule has 0 aliphatic rings. The molecule has 0 radical (unpaired) electrons. The second-order valence-electron chi connectivity index (χ2n) is 2.66. The lowest BCUT2D eigenvalue weighted by atomic mass is 10.0. The highest BCUT2D eigenvalue weighted by Gasteiger charge is 2.18. The van der Waals surface area contributed by atoms with E-state index in [1.54, 1.807) is 6.07 Å². The molecule has 1 aromatic carbocycles. The molecule has 0 aliphatic heterocycles. The highest BCUT2D eigenvalue weighted by Crippen LogP contribution is 2.16. The molecule has 1 atom stereocenters. The van der Waals surface area contributed by atoms with Crippen molar-refractivity contribution < 1.29 is 14.3 Å². The summed E-state index contributed by atoms with van der Waals surface area (Å²) >= 11 is 0. The van der Waals surface area contributed by atoms with Gasteiger partial charge in [0.05, 0.1) is 11.6 Å². The fourth-order valence-corrected chi connectivity index (χ4v) is 1.03. The molecule has 0 aromatic heterocycles. The summed E-state index contributed by atoms with van der Waals surface area (Å²) in [6.07, 6.45) is 0. The van der Waals surface area contributed by atoms with Crippen molar-refractivity contribution in [3.05, 3.63) is 35.1 Å². The lowest BCUT2D eigenvalue weighted by Gasteiger charge is -2.07. The molecule has 0 heterocycles. The van der Waals surface area contributed by atoms with Crippen LogP contribution in [0, 0.1) is 17.1 Å². The van der Waals surface area contributed by atoms with E-state index in [1.807, 2.05) is 0 Å². The number of hydrogen-bond acceptors (Lipinski definition) is 3. The van der Waals surface area contributed by atoms with Crippen molar-refractivity contribution in [1.29, 1.82) is 5.26 Å². The van der Waals surface area contributed by atoms with Crippen LogP contribution in [0.4, 0.5) is 4.39 Å². The number of carbonyl (C=O) groups is 1. The maximum Gasteiger partial charge on any atom is 0.325 e. The Kier molecular flexibility index (Phi) is 2.79. The van der Waals surface area contributed by atoms with Gasteiger partial charge in [0.1, 0.15) is 11.9 Å². The summed E-state index contributed by atoms with van der Waals surface area (Å²) in [6, 6.07) is 3.61.